The molecule has 29 heavy (non-hydrogen) atoms. The van der Waals surface area contributed by atoms with Crippen LogP contribution >= 0.6 is 0 Å². The van der Waals surface area contributed by atoms with Crippen LogP contribution in [0.25, 0.3) is 0 Å². The van der Waals surface area contributed by atoms with Gasteiger partial charge in [0.2, 0.25) is 5.91 Å². The maximum Gasteiger partial charge on any atom is 0.253 e. The molecule has 6 heteroatoms. The molecule has 154 valence electrons. The van der Waals surface area contributed by atoms with E-state index in [4.69, 9.17) is 0 Å². The number of nitrogens with zero attached hydrogens (tertiary/aromatic N) is 1. The van der Waals surface area contributed by atoms with Crippen molar-refractivity contribution in [3.05, 3.63) is 58.7 Å². The number of nitrogens with one attached hydrogen (secondary N) is 1. The Kier molecular flexibility index (Phi) is 6.42. The fourth-order valence-electron chi connectivity index (χ4n) is 3.86. The Hall–Kier alpha value is -3.02. The van der Waals surface area contributed by atoms with Crippen LogP contribution in [0.3, 0.4) is 0 Å². The Balaban J connectivity index is 1.54. The van der Waals surface area contributed by atoms with Crippen LogP contribution in [0.4, 0.5) is 0 Å². The Morgan fingerprint density at radius 2 is 1.79 bits per heavy atom. The van der Waals surface area contributed by atoms with Crippen molar-refractivity contribution in [1.29, 1.82) is 0 Å². The molecule has 0 aromatic heterocycles. The number of rotatable bonds is 5. The average Bonchev–Trinajstić information content (AvgIpc) is 2.69. The van der Waals surface area contributed by atoms with Gasteiger partial charge in [0.05, 0.1) is 5.92 Å². The van der Waals surface area contributed by atoms with Crippen molar-refractivity contribution >= 4 is 11.8 Å². The van der Waals surface area contributed by atoms with Gasteiger partial charge in [-0.25, -0.2) is 0 Å². The van der Waals surface area contributed by atoms with E-state index in [-0.39, 0.29) is 29.2 Å². The van der Waals surface area contributed by atoms with E-state index in [0.717, 1.165) is 29.5 Å². The summed E-state index contributed by atoms with van der Waals surface area (Å²) in [6.45, 7) is 5.48. The van der Waals surface area contributed by atoms with Crippen molar-refractivity contribution in [2.75, 3.05) is 19.6 Å². The van der Waals surface area contributed by atoms with Gasteiger partial charge in [-0.1, -0.05) is 23.3 Å². The van der Waals surface area contributed by atoms with Crippen LogP contribution in [0.2, 0.25) is 0 Å². The summed E-state index contributed by atoms with van der Waals surface area (Å²) < 4.78 is 0. The molecule has 0 saturated carbocycles. The quantitative estimate of drug-likeness (QED) is 0.678. The summed E-state index contributed by atoms with van der Waals surface area (Å²) in [6.07, 6.45) is 2.13. The second-order valence-electron chi connectivity index (χ2n) is 7.83. The molecule has 0 aliphatic carbocycles. The number of carbonyl (C=O) groups excluding carboxylic acids is 2. The average molecular weight is 396 g/mol. The van der Waals surface area contributed by atoms with Crippen molar-refractivity contribution in [2.24, 2.45) is 5.92 Å². The minimum atomic E-state index is -0.216. The molecule has 1 heterocycles. The standard InChI is InChI=1S/C23H28N2O4/c1-15-10-16(2)12-19(11-15)23(29)25-9-3-4-18(14-25)22(28)24-8-7-17-5-6-20(26)21(27)13-17/h5-6,10-13,18,26-27H,3-4,7-9,14H2,1-2H3,(H,24,28). The molecule has 1 unspecified atom stereocenters. The normalized spacial score (nSPS) is 16.5. The number of hydrogen-bond acceptors (Lipinski definition) is 4. The first-order valence-electron chi connectivity index (χ1n) is 9.99. The predicted octanol–water partition coefficient (Wildman–Crippen LogP) is 2.93. The summed E-state index contributed by atoms with van der Waals surface area (Å²) >= 11 is 0. The number of amides is 2. The molecule has 1 saturated heterocycles. The van der Waals surface area contributed by atoms with Gasteiger partial charge in [0.1, 0.15) is 0 Å². The van der Waals surface area contributed by atoms with Crippen molar-refractivity contribution in [3.63, 3.8) is 0 Å². The highest BCUT2D eigenvalue weighted by Gasteiger charge is 2.28. The third kappa shape index (κ3) is 5.28. The number of likely N-dealkylation sites (tertiary alicyclic amines) is 1. The predicted molar refractivity (Wildman–Crippen MR) is 111 cm³/mol. The zero-order chi connectivity index (χ0) is 21.0. The van der Waals surface area contributed by atoms with E-state index in [0.29, 0.717) is 31.6 Å². The van der Waals surface area contributed by atoms with Gasteiger partial charge in [0, 0.05) is 25.2 Å². The van der Waals surface area contributed by atoms with E-state index in [2.05, 4.69) is 5.32 Å². The molecule has 6 nitrogen and oxygen atoms in total. The van der Waals surface area contributed by atoms with Crippen molar-refractivity contribution in [2.45, 2.75) is 33.1 Å². The molecule has 2 amide bonds. The van der Waals surface area contributed by atoms with Crippen LogP contribution in [0.1, 0.15) is 39.9 Å². The third-order valence-corrected chi connectivity index (χ3v) is 5.30. The van der Waals surface area contributed by atoms with Crippen LogP contribution in [-0.2, 0) is 11.2 Å². The van der Waals surface area contributed by atoms with Gasteiger partial charge < -0.3 is 20.4 Å². The summed E-state index contributed by atoms with van der Waals surface area (Å²) in [7, 11) is 0. The second-order valence-corrected chi connectivity index (χ2v) is 7.83. The van der Waals surface area contributed by atoms with Crippen LogP contribution in [0, 0.1) is 19.8 Å². The van der Waals surface area contributed by atoms with Gasteiger partial charge in [-0.2, -0.15) is 0 Å². The third-order valence-electron chi connectivity index (χ3n) is 5.30. The molecule has 0 radical (unpaired) electrons. The highest BCUT2D eigenvalue weighted by molar-refractivity contribution is 5.95. The molecular weight excluding hydrogens is 368 g/mol. The Labute approximate surface area is 171 Å². The van der Waals surface area contributed by atoms with E-state index in [1.165, 1.54) is 12.1 Å². The van der Waals surface area contributed by atoms with Gasteiger partial charge in [0.25, 0.3) is 5.91 Å². The first-order chi connectivity index (χ1) is 13.8. The molecule has 3 N–H and O–H groups in total. The number of carbonyl (C=O) groups is 2. The monoisotopic (exact) mass is 396 g/mol. The van der Waals surface area contributed by atoms with E-state index in [9.17, 15) is 19.8 Å². The molecule has 0 spiro atoms. The Morgan fingerprint density at radius 1 is 1.07 bits per heavy atom. The Morgan fingerprint density at radius 3 is 2.48 bits per heavy atom. The highest BCUT2D eigenvalue weighted by Crippen LogP contribution is 2.25. The lowest BCUT2D eigenvalue weighted by Gasteiger charge is -2.32. The lowest BCUT2D eigenvalue weighted by molar-refractivity contribution is -0.126. The maximum atomic E-state index is 12.9. The number of phenols is 2. The number of aromatic hydroxyl groups is 2. The van der Waals surface area contributed by atoms with Crippen molar-refractivity contribution < 1.29 is 19.8 Å². The fourth-order valence-corrected chi connectivity index (χ4v) is 3.86. The number of benzene rings is 2. The van der Waals surface area contributed by atoms with Gasteiger partial charge in [0.15, 0.2) is 11.5 Å². The molecule has 1 fully saturated rings. The summed E-state index contributed by atoms with van der Waals surface area (Å²) in [5.41, 5.74) is 3.62. The first-order valence-corrected chi connectivity index (χ1v) is 9.99. The molecule has 2 aromatic rings. The molecule has 3 rings (SSSR count). The fraction of sp³-hybridized carbons (Fsp3) is 0.391. The van der Waals surface area contributed by atoms with Gasteiger partial charge in [-0.3, -0.25) is 9.59 Å². The summed E-state index contributed by atoms with van der Waals surface area (Å²) in [6, 6.07) is 10.5. The van der Waals surface area contributed by atoms with Gasteiger partial charge in [-0.05, 0) is 62.9 Å². The van der Waals surface area contributed by atoms with Gasteiger partial charge >= 0.3 is 0 Å². The number of hydrogen-bond donors (Lipinski definition) is 3. The van der Waals surface area contributed by atoms with Crippen LogP contribution in [0.5, 0.6) is 11.5 Å². The van der Waals surface area contributed by atoms with Crippen LogP contribution in [0.15, 0.2) is 36.4 Å². The van der Waals surface area contributed by atoms with E-state index >= 15 is 0 Å². The molecule has 1 atom stereocenters. The molecule has 1 aliphatic heterocycles. The SMILES string of the molecule is Cc1cc(C)cc(C(=O)N2CCCC(C(=O)NCCc3ccc(O)c(O)c3)C2)c1. The number of piperidine rings is 1. The van der Waals surface area contributed by atoms with Crippen LogP contribution in [-0.4, -0.2) is 46.6 Å². The lowest BCUT2D eigenvalue weighted by Crippen LogP contribution is -2.45. The van der Waals surface area contributed by atoms with E-state index in [1.54, 1.807) is 11.0 Å². The zero-order valence-electron chi connectivity index (χ0n) is 16.9. The van der Waals surface area contributed by atoms with E-state index < -0.39 is 0 Å². The summed E-state index contributed by atoms with van der Waals surface area (Å²) in [5, 5.41) is 21.8. The number of aryl methyl sites for hydroxylation is 2. The summed E-state index contributed by atoms with van der Waals surface area (Å²) in [4.78, 5) is 27.2. The lowest BCUT2D eigenvalue weighted by atomic mass is 9.96. The van der Waals surface area contributed by atoms with E-state index in [1.807, 2.05) is 32.0 Å². The maximum absolute atomic E-state index is 12.9. The van der Waals surface area contributed by atoms with Gasteiger partial charge in [-0.15, -0.1) is 0 Å². The number of phenolic OH excluding ortho intramolecular Hbond substituents is 2. The highest BCUT2D eigenvalue weighted by atomic mass is 16.3. The first kappa shape index (κ1) is 20.7. The molecular formula is C23H28N2O4. The minimum absolute atomic E-state index is 0.0196. The molecule has 0 bridgehead atoms. The topological polar surface area (TPSA) is 89.9 Å². The van der Waals surface area contributed by atoms with Crippen molar-refractivity contribution in [3.8, 4) is 11.5 Å². The molecule has 2 aromatic carbocycles. The van der Waals surface area contributed by atoms with Crippen LogP contribution < -0.4 is 5.32 Å². The zero-order valence-corrected chi connectivity index (χ0v) is 16.9. The minimum Gasteiger partial charge on any atom is -0.504 e. The molecule has 1 aliphatic rings. The summed E-state index contributed by atoms with van der Waals surface area (Å²) in [5.74, 6) is -0.609. The second kappa shape index (κ2) is 8.99. The Bertz CT molecular complexity index is 889. The smallest absolute Gasteiger partial charge is 0.253 e. The largest absolute Gasteiger partial charge is 0.504 e. The van der Waals surface area contributed by atoms with Crippen molar-refractivity contribution in [1.82, 2.24) is 10.2 Å².